The van der Waals surface area contributed by atoms with Crippen molar-refractivity contribution in [1.29, 1.82) is 0 Å². The predicted octanol–water partition coefficient (Wildman–Crippen LogP) is 4.25. The minimum atomic E-state index is -1.11. The van der Waals surface area contributed by atoms with Gasteiger partial charge in [-0.1, -0.05) is 0 Å². The maximum Gasteiger partial charge on any atom is 0.340 e. The Hall–Kier alpha value is -2.82. The molecule has 0 aliphatic carbocycles. The lowest BCUT2D eigenvalue weighted by molar-refractivity contribution is 0.0699. The van der Waals surface area contributed by atoms with Crippen molar-refractivity contribution >= 4 is 16.9 Å². The molecule has 3 rings (SSSR count). The summed E-state index contributed by atoms with van der Waals surface area (Å²) in [6.45, 7) is 1.81. The van der Waals surface area contributed by atoms with E-state index in [0.717, 1.165) is 5.56 Å². The van der Waals surface area contributed by atoms with Crippen LogP contribution in [-0.2, 0) is 0 Å². The number of fused-ring (bicyclic) bond motifs is 1. The molecule has 112 valence electrons. The Balaban J connectivity index is 2.35. The zero-order valence-electron chi connectivity index (χ0n) is 12.0. The molecule has 1 N–H and O–H groups in total. The Morgan fingerprint density at radius 2 is 1.91 bits per heavy atom. The van der Waals surface area contributed by atoms with Crippen LogP contribution in [0, 0.1) is 12.7 Å². The van der Waals surface area contributed by atoms with Gasteiger partial charge in [-0.25, -0.2) is 9.18 Å². The van der Waals surface area contributed by atoms with Gasteiger partial charge in [-0.05, 0) is 48.9 Å². The molecule has 0 aliphatic rings. The third-order valence-corrected chi connectivity index (χ3v) is 3.50. The van der Waals surface area contributed by atoms with Crippen LogP contribution in [0.15, 0.2) is 40.8 Å². The first kappa shape index (κ1) is 14.1. The Morgan fingerprint density at radius 1 is 1.23 bits per heavy atom. The van der Waals surface area contributed by atoms with Crippen LogP contribution in [0.5, 0.6) is 5.75 Å². The number of halogens is 1. The highest BCUT2D eigenvalue weighted by Crippen LogP contribution is 2.37. The molecule has 0 fully saturated rings. The minimum Gasteiger partial charge on any atom is -0.497 e. The zero-order valence-corrected chi connectivity index (χ0v) is 12.0. The quantitative estimate of drug-likeness (QED) is 0.785. The van der Waals surface area contributed by atoms with Crippen molar-refractivity contribution in [2.24, 2.45) is 0 Å². The largest absolute Gasteiger partial charge is 0.497 e. The van der Waals surface area contributed by atoms with Gasteiger partial charge < -0.3 is 14.3 Å². The van der Waals surface area contributed by atoms with E-state index in [2.05, 4.69) is 0 Å². The molecule has 0 saturated carbocycles. The summed E-state index contributed by atoms with van der Waals surface area (Å²) < 4.78 is 24.0. The first-order valence-corrected chi connectivity index (χ1v) is 6.61. The Kier molecular flexibility index (Phi) is 3.33. The summed E-state index contributed by atoms with van der Waals surface area (Å²) in [7, 11) is 1.52. The predicted molar refractivity (Wildman–Crippen MR) is 79.9 cm³/mol. The fourth-order valence-corrected chi connectivity index (χ4v) is 2.47. The van der Waals surface area contributed by atoms with E-state index in [0.29, 0.717) is 22.3 Å². The van der Waals surface area contributed by atoms with Crippen LogP contribution in [0.3, 0.4) is 0 Å². The molecule has 0 radical (unpaired) electrons. The molecule has 3 aromatic rings. The molecule has 1 heterocycles. The van der Waals surface area contributed by atoms with Crippen molar-refractivity contribution < 1.29 is 23.4 Å². The maximum absolute atomic E-state index is 13.1. The smallest absolute Gasteiger partial charge is 0.340 e. The fourth-order valence-electron chi connectivity index (χ4n) is 2.47. The number of aryl methyl sites for hydroxylation is 1. The zero-order chi connectivity index (χ0) is 15.9. The van der Waals surface area contributed by atoms with Crippen molar-refractivity contribution in [2.75, 3.05) is 7.11 Å². The van der Waals surface area contributed by atoms with Crippen molar-refractivity contribution in [2.45, 2.75) is 6.92 Å². The van der Waals surface area contributed by atoms with Gasteiger partial charge in [0.25, 0.3) is 0 Å². The van der Waals surface area contributed by atoms with E-state index in [9.17, 15) is 14.3 Å². The maximum atomic E-state index is 13.1. The lowest BCUT2D eigenvalue weighted by Gasteiger charge is -2.01. The van der Waals surface area contributed by atoms with Gasteiger partial charge in [0.2, 0.25) is 0 Å². The van der Waals surface area contributed by atoms with Crippen LogP contribution in [0.2, 0.25) is 0 Å². The molecule has 5 heteroatoms. The van der Waals surface area contributed by atoms with Crippen LogP contribution in [0.4, 0.5) is 4.39 Å². The summed E-state index contributed by atoms with van der Waals surface area (Å²) in [5.41, 5.74) is 1.81. The van der Waals surface area contributed by atoms with E-state index >= 15 is 0 Å². The van der Waals surface area contributed by atoms with Crippen LogP contribution in [0.1, 0.15) is 15.9 Å². The number of ether oxygens (including phenoxy) is 1. The molecule has 0 amide bonds. The third-order valence-electron chi connectivity index (χ3n) is 3.50. The van der Waals surface area contributed by atoms with Gasteiger partial charge in [-0.15, -0.1) is 0 Å². The molecule has 22 heavy (non-hydrogen) atoms. The molecule has 1 aromatic heterocycles. The molecule has 0 saturated heterocycles. The highest BCUT2D eigenvalue weighted by Gasteiger charge is 2.23. The Labute approximate surface area is 125 Å². The monoisotopic (exact) mass is 300 g/mol. The molecule has 0 unspecified atom stereocenters. The number of hydrogen-bond donors (Lipinski definition) is 1. The normalized spacial score (nSPS) is 10.9. The summed E-state index contributed by atoms with van der Waals surface area (Å²) >= 11 is 0. The van der Waals surface area contributed by atoms with E-state index < -0.39 is 11.8 Å². The van der Waals surface area contributed by atoms with Gasteiger partial charge in [-0.3, -0.25) is 0 Å². The number of benzene rings is 2. The number of carboxylic acid groups (broad SMARTS) is 1. The first-order chi connectivity index (χ1) is 10.5. The SMILES string of the molecule is COc1cc(C)c2oc(-c3ccc(F)cc3)c(C(=O)O)c2c1. The second-order valence-electron chi connectivity index (χ2n) is 4.94. The number of hydrogen-bond acceptors (Lipinski definition) is 3. The molecule has 2 aromatic carbocycles. The lowest BCUT2D eigenvalue weighted by atomic mass is 10.0. The second-order valence-corrected chi connectivity index (χ2v) is 4.94. The van der Waals surface area contributed by atoms with Crippen molar-refractivity contribution in [3.05, 3.63) is 53.3 Å². The first-order valence-electron chi connectivity index (χ1n) is 6.61. The van der Waals surface area contributed by atoms with E-state index in [1.165, 1.54) is 31.4 Å². The van der Waals surface area contributed by atoms with Crippen molar-refractivity contribution in [3.8, 4) is 17.1 Å². The summed E-state index contributed by atoms with van der Waals surface area (Å²) in [5, 5.41) is 10.0. The summed E-state index contributed by atoms with van der Waals surface area (Å²) in [5.74, 6) is -0.738. The number of aromatic carboxylic acids is 1. The topological polar surface area (TPSA) is 59.7 Å². The van der Waals surface area contributed by atoms with Gasteiger partial charge in [0.1, 0.15) is 28.5 Å². The van der Waals surface area contributed by atoms with Crippen LogP contribution < -0.4 is 4.74 Å². The Bertz CT molecular complexity index is 862. The van der Waals surface area contributed by atoms with E-state index in [1.54, 1.807) is 12.1 Å². The highest BCUT2D eigenvalue weighted by molar-refractivity contribution is 6.09. The summed E-state index contributed by atoms with van der Waals surface area (Å²) in [6.07, 6.45) is 0. The van der Waals surface area contributed by atoms with Crippen LogP contribution in [0.25, 0.3) is 22.3 Å². The molecular formula is C17H13FO4. The number of carboxylic acids is 1. The Morgan fingerprint density at radius 3 is 2.50 bits per heavy atom. The summed E-state index contributed by atoms with van der Waals surface area (Å²) in [6, 6.07) is 8.91. The van der Waals surface area contributed by atoms with Gasteiger partial charge in [0.15, 0.2) is 0 Å². The van der Waals surface area contributed by atoms with Crippen LogP contribution in [-0.4, -0.2) is 18.2 Å². The lowest BCUT2D eigenvalue weighted by Crippen LogP contribution is -1.97. The highest BCUT2D eigenvalue weighted by atomic mass is 19.1. The van der Waals surface area contributed by atoms with Crippen LogP contribution >= 0.6 is 0 Å². The third kappa shape index (κ3) is 2.20. The van der Waals surface area contributed by atoms with Crippen molar-refractivity contribution in [3.63, 3.8) is 0 Å². The summed E-state index contributed by atoms with van der Waals surface area (Å²) in [4.78, 5) is 11.7. The van der Waals surface area contributed by atoms with E-state index in [1.807, 2.05) is 6.92 Å². The second kappa shape index (κ2) is 5.18. The van der Waals surface area contributed by atoms with Gasteiger partial charge in [-0.2, -0.15) is 0 Å². The van der Waals surface area contributed by atoms with Crippen molar-refractivity contribution in [1.82, 2.24) is 0 Å². The molecule has 0 bridgehead atoms. The van der Waals surface area contributed by atoms with Gasteiger partial charge in [0, 0.05) is 10.9 Å². The molecule has 0 aliphatic heterocycles. The van der Waals surface area contributed by atoms with E-state index in [-0.39, 0.29) is 11.3 Å². The average molecular weight is 300 g/mol. The molecule has 0 atom stereocenters. The van der Waals surface area contributed by atoms with Gasteiger partial charge in [0.05, 0.1) is 7.11 Å². The molecule has 0 spiro atoms. The van der Waals surface area contributed by atoms with E-state index in [4.69, 9.17) is 9.15 Å². The minimum absolute atomic E-state index is 0.0450. The fraction of sp³-hybridized carbons (Fsp3) is 0.118. The number of furan rings is 1. The molecule has 4 nitrogen and oxygen atoms in total. The number of methoxy groups -OCH3 is 1. The molecular weight excluding hydrogens is 287 g/mol. The van der Waals surface area contributed by atoms with Gasteiger partial charge >= 0.3 is 5.97 Å². The average Bonchev–Trinajstić information content (AvgIpc) is 2.88. The number of carbonyl (C=O) groups is 1. The standard InChI is InChI=1S/C17H13FO4/c1-9-7-12(21-2)8-13-14(17(19)20)16(22-15(9)13)10-3-5-11(18)6-4-10/h3-8H,1-2H3,(H,19,20). The number of rotatable bonds is 3.